The van der Waals surface area contributed by atoms with E-state index >= 15 is 0 Å². The SMILES string of the molecule is CC1CCCCC1OCC(=O)NCCCCC(=O)O. The number of carbonyl (C=O) groups is 2. The first kappa shape index (κ1) is 16.0. The Balaban J connectivity index is 2.02. The van der Waals surface area contributed by atoms with E-state index < -0.39 is 5.97 Å². The lowest BCUT2D eigenvalue weighted by Crippen LogP contribution is -2.33. The second kappa shape index (κ2) is 8.91. The minimum atomic E-state index is -0.791. The Bertz CT molecular complexity index is 293. The summed E-state index contributed by atoms with van der Waals surface area (Å²) in [5.41, 5.74) is 0. The summed E-state index contributed by atoms with van der Waals surface area (Å²) in [4.78, 5) is 21.8. The van der Waals surface area contributed by atoms with Crippen LogP contribution in [0.2, 0.25) is 0 Å². The largest absolute Gasteiger partial charge is 0.481 e. The highest BCUT2D eigenvalue weighted by molar-refractivity contribution is 5.77. The molecule has 2 unspecified atom stereocenters. The molecule has 1 amide bonds. The summed E-state index contributed by atoms with van der Waals surface area (Å²) < 4.78 is 5.65. The van der Waals surface area contributed by atoms with Crippen molar-refractivity contribution in [3.05, 3.63) is 0 Å². The predicted octanol–water partition coefficient (Wildman–Crippen LogP) is 1.95. The number of ether oxygens (including phenoxy) is 1. The Hall–Kier alpha value is -1.10. The summed E-state index contributed by atoms with van der Waals surface area (Å²) in [5.74, 6) is -0.355. The second-order valence-electron chi connectivity index (χ2n) is 5.31. The lowest BCUT2D eigenvalue weighted by molar-refractivity contribution is -0.137. The van der Waals surface area contributed by atoms with Crippen LogP contribution in [0.4, 0.5) is 0 Å². The van der Waals surface area contributed by atoms with Gasteiger partial charge in [-0.3, -0.25) is 9.59 Å². The van der Waals surface area contributed by atoms with Gasteiger partial charge >= 0.3 is 5.97 Å². The van der Waals surface area contributed by atoms with E-state index in [1.165, 1.54) is 19.3 Å². The summed E-state index contributed by atoms with van der Waals surface area (Å²) >= 11 is 0. The molecule has 0 bridgehead atoms. The van der Waals surface area contributed by atoms with E-state index in [1.54, 1.807) is 0 Å². The molecule has 0 aromatic rings. The summed E-state index contributed by atoms with van der Waals surface area (Å²) in [6.45, 7) is 2.82. The van der Waals surface area contributed by atoms with Crippen LogP contribution in [0, 0.1) is 5.92 Å². The highest BCUT2D eigenvalue weighted by Crippen LogP contribution is 2.25. The van der Waals surface area contributed by atoms with E-state index in [9.17, 15) is 9.59 Å². The Morgan fingerprint density at radius 1 is 1.26 bits per heavy atom. The Morgan fingerprint density at radius 3 is 2.68 bits per heavy atom. The van der Waals surface area contributed by atoms with Gasteiger partial charge in [-0.2, -0.15) is 0 Å². The van der Waals surface area contributed by atoms with E-state index in [0.29, 0.717) is 25.3 Å². The Morgan fingerprint density at radius 2 is 2.00 bits per heavy atom. The molecule has 0 radical (unpaired) electrons. The van der Waals surface area contributed by atoms with Crippen molar-refractivity contribution in [1.82, 2.24) is 5.32 Å². The smallest absolute Gasteiger partial charge is 0.303 e. The minimum Gasteiger partial charge on any atom is -0.481 e. The maximum absolute atomic E-state index is 11.5. The standard InChI is InChI=1S/C14H25NO4/c1-11-6-2-3-7-12(11)19-10-13(16)15-9-5-4-8-14(17)18/h11-12H,2-10H2,1H3,(H,15,16)(H,17,18). The molecule has 0 heterocycles. The molecule has 0 saturated heterocycles. The monoisotopic (exact) mass is 271 g/mol. The molecule has 1 aliphatic rings. The molecule has 1 aliphatic carbocycles. The van der Waals surface area contributed by atoms with Crippen LogP contribution in [0.25, 0.3) is 0 Å². The molecule has 0 spiro atoms. The molecule has 2 atom stereocenters. The molecule has 110 valence electrons. The molecule has 1 saturated carbocycles. The molecule has 0 aromatic heterocycles. The molecular formula is C14H25NO4. The van der Waals surface area contributed by atoms with Gasteiger partial charge in [-0.05, 0) is 31.6 Å². The molecular weight excluding hydrogens is 246 g/mol. The van der Waals surface area contributed by atoms with Crippen LogP contribution in [-0.4, -0.2) is 36.2 Å². The fraction of sp³-hybridized carbons (Fsp3) is 0.857. The van der Waals surface area contributed by atoms with Crippen molar-refractivity contribution in [1.29, 1.82) is 0 Å². The Labute approximate surface area is 114 Å². The highest BCUT2D eigenvalue weighted by Gasteiger charge is 2.22. The summed E-state index contributed by atoms with van der Waals surface area (Å²) in [6.07, 6.45) is 6.34. The molecule has 1 fully saturated rings. The zero-order chi connectivity index (χ0) is 14.1. The number of carboxylic acids is 1. The topological polar surface area (TPSA) is 75.6 Å². The number of hydrogen-bond donors (Lipinski definition) is 2. The maximum atomic E-state index is 11.5. The third-order valence-corrected chi connectivity index (χ3v) is 3.60. The normalized spacial score (nSPS) is 23.0. The number of amides is 1. The van der Waals surface area contributed by atoms with Crippen LogP contribution in [0.15, 0.2) is 0 Å². The quantitative estimate of drug-likeness (QED) is 0.662. The van der Waals surface area contributed by atoms with Crippen molar-refractivity contribution in [3.8, 4) is 0 Å². The zero-order valence-corrected chi connectivity index (χ0v) is 11.7. The maximum Gasteiger partial charge on any atom is 0.303 e. The molecule has 1 rings (SSSR count). The van der Waals surface area contributed by atoms with Gasteiger partial charge in [0.05, 0.1) is 6.10 Å². The average molecular weight is 271 g/mol. The van der Waals surface area contributed by atoms with E-state index in [4.69, 9.17) is 9.84 Å². The summed E-state index contributed by atoms with van der Waals surface area (Å²) in [7, 11) is 0. The molecule has 5 heteroatoms. The zero-order valence-electron chi connectivity index (χ0n) is 11.7. The average Bonchev–Trinajstić information content (AvgIpc) is 2.37. The molecule has 0 aliphatic heterocycles. The van der Waals surface area contributed by atoms with Gasteiger partial charge in [-0.25, -0.2) is 0 Å². The lowest BCUT2D eigenvalue weighted by Gasteiger charge is -2.28. The van der Waals surface area contributed by atoms with Crippen LogP contribution in [0.3, 0.4) is 0 Å². The van der Waals surface area contributed by atoms with Gasteiger partial charge in [0.15, 0.2) is 0 Å². The van der Waals surface area contributed by atoms with Crippen LogP contribution < -0.4 is 5.32 Å². The number of aliphatic carboxylic acids is 1. The number of unbranched alkanes of at least 4 members (excludes halogenated alkanes) is 1. The third kappa shape index (κ3) is 7.15. The second-order valence-corrected chi connectivity index (χ2v) is 5.31. The predicted molar refractivity (Wildman–Crippen MR) is 71.9 cm³/mol. The van der Waals surface area contributed by atoms with Gasteiger partial charge in [-0.15, -0.1) is 0 Å². The molecule has 5 nitrogen and oxygen atoms in total. The first-order chi connectivity index (χ1) is 9.09. The van der Waals surface area contributed by atoms with E-state index in [2.05, 4.69) is 12.2 Å². The van der Waals surface area contributed by atoms with Gasteiger partial charge in [0.25, 0.3) is 0 Å². The minimum absolute atomic E-state index is 0.104. The van der Waals surface area contributed by atoms with Crippen molar-refractivity contribution in [2.75, 3.05) is 13.2 Å². The van der Waals surface area contributed by atoms with E-state index in [0.717, 1.165) is 6.42 Å². The fourth-order valence-corrected chi connectivity index (χ4v) is 2.39. The van der Waals surface area contributed by atoms with Crippen molar-refractivity contribution in [2.45, 2.75) is 58.0 Å². The van der Waals surface area contributed by atoms with Crippen molar-refractivity contribution in [3.63, 3.8) is 0 Å². The molecule has 0 aromatic carbocycles. The summed E-state index contributed by atoms with van der Waals surface area (Å²) in [5, 5.41) is 11.2. The van der Waals surface area contributed by atoms with Gasteiger partial charge in [-0.1, -0.05) is 19.8 Å². The van der Waals surface area contributed by atoms with Crippen molar-refractivity contribution >= 4 is 11.9 Å². The lowest BCUT2D eigenvalue weighted by atomic mass is 9.88. The van der Waals surface area contributed by atoms with Crippen LogP contribution >= 0.6 is 0 Å². The Kier molecular flexibility index (Phi) is 7.48. The van der Waals surface area contributed by atoms with Gasteiger partial charge in [0.2, 0.25) is 5.91 Å². The third-order valence-electron chi connectivity index (χ3n) is 3.60. The first-order valence-corrected chi connectivity index (χ1v) is 7.19. The molecule has 2 N–H and O–H groups in total. The fourth-order valence-electron chi connectivity index (χ4n) is 2.39. The van der Waals surface area contributed by atoms with E-state index in [1.807, 2.05) is 0 Å². The van der Waals surface area contributed by atoms with Gasteiger partial charge < -0.3 is 15.2 Å². The number of nitrogens with one attached hydrogen (secondary N) is 1. The number of hydrogen-bond acceptors (Lipinski definition) is 3. The number of carbonyl (C=O) groups excluding carboxylic acids is 1. The first-order valence-electron chi connectivity index (χ1n) is 7.19. The number of carboxylic acid groups (broad SMARTS) is 1. The van der Waals surface area contributed by atoms with Gasteiger partial charge in [0, 0.05) is 13.0 Å². The number of rotatable bonds is 8. The van der Waals surface area contributed by atoms with E-state index in [-0.39, 0.29) is 25.0 Å². The van der Waals surface area contributed by atoms with Crippen molar-refractivity contribution in [2.24, 2.45) is 5.92 Å². The molecule has 19 heavy (non-hydrogen) atoms. The van der Waals surface area contributed by atoms with Crippen molar-refractivity contribution < 1.29 is 19.4 Å². The highest BCUT2D eigenvalue weighted by atomic mass is 16.5. The van der Waals surface area contributed by atoms with Crippen LogP contribution in [0.1, 0.15) is 51.9 Å². The van der Waals surface area contributed by atoms with Crippen LogP contribution in [0.5, 0.6) is 0 Å². The van der Waals surface area contributed by atoms with Crippen LogP contribution in [-0.2, 0) is 14.3 Å². The van der Waals surface area contributed by atoms with Gasteiger partial charge in [0.1, 0.15) is 6.61 Å². The summed E-state index contributed by atoms with van der Waals surface area (Å²) in [6, 6.07) is 0.